The van der Waals surface area contributed by atoms with Gasteiger partial charge in [-0.1, -0.05) is 33.8 Å². The highest BCUT2D eigenvalue weighted by Gasteiger charge is 2.23. The highest BCUT2D eigenvalue weighted by atomic mass is 16.5. The number of aliphatic hydroxyl groups is 1. The van der Waals surface area contributed by atoms with Gasteiger partial charge in [0.15, 0.2) is 0 Å². The van der Waals surface area contributed by atoms with Crippen molar-refractivity contribution in [3.63, 3.8) is 0 Å². The Morgan fingerprint density at radius 3 is 2.57 bits per heavy atom. The maximum atomic E-state index is 9.00. The minimum absolute atomic E-state index is 0.0605. The Labute approximate surface area is 86.3 Å². The van der Waals surface area contributed by atoms with Gasteiger partial charge >= 0.3 is 0 Å². The van der Waals surface area contributed by atoms with Crippen LogP contribution in [-0.2, 0) is 4.74 Å². The van der Waals surface area contributed by atoms with E-state index in [-0.39, 0.29) is 18.1 Å². The molecule has 80 valence electrons. The molecule has 0 fully saturated rings. The van der Waals surface area contributed by atoms with Crippen molar-refractivity contribution in [2.45, 2.75) is 33.8 Å². The average Bonchev–Trinajstić information content (AvgIpc) is 2.42. The predicted octanol–water partition coefficient (Wildman–Crippen LogP) is 2.50. The van der Waals surface area contributed by atoms with Gasteiger partial charge in [0.2, 0.25) is 0 Å². The second-order valence-corrected chi connectivity index (χ2v) is 4.97. The molecule has 0 aromatic rings. The molecule has 0 saturated carbocycles. The van der Waals surface area contributed by atoms with Crippen LogP contribution in [0, 0.1) is 11.3 Å². The minimum atomic E-state index is -0.0605. The van der Waals surface area contributed by atoms with Gasteiger partial charge < -0.3 is 9.84 Å². The number of ether oxygens (including phenoxy) is 1. The summed E-state index contributed by atoms with van der Waals surface area (Å²) in [5.74, 6) is 1.19. The third-order valence-corrected chi connectivity index (χ3v) is 2.23. The Kier molecular flexibility index (Phi) is 3.38. The number of hydrogen-bond acceptors (Lipinski definition) is 2. The molecular weight excluding hydrogens is 176 g/mol. The van der Waals surface area contributed by atoms with E-state index in [1.165, 1.54) is 0 Å². The van der Waals surface area contributed by atoms with E-state index in [9.17, 15) is 0 Å². The van der Waals surface area contributed by atoms with Crippen LogP contribution in [0.1, 0.15) is 27.7 Å². The first-order chi connectivity index (χ1) is 6.42. The van der Waals surface area contributed by atoms with E-state index in [0.717, 1.165) is 5.76 Å². The standard InChI is InChI=1S/C12H20O2/c1-9-7-10(14-11(9)8-13)5-6-12(2,3)4/h5-7,9,11,13H,8H2,1-4H3/b6-5+. The van der Waals surface area contributed by atoms with E-state index in [0.29, 0.717) is 5.92 Å². The summed E-state index contributed by atoms with van der Waals surface area (Å²) in [6.07, 6.45) is 6.11. The summed E-state index contributed by atoms with van der Waals surface area (Å²) in [5, 5.41) is 9.00. The molecule has 14 heavy (non-hydrogen) atoms. The summed E-state index contributed by atoms with van der Waals surface area (Å²) in [6, 6.07) is 0. The van der Waals surface area contributed by atoms with Crippen LogP contribution in [0.25, 0.3) is 0 Å². The lowest BCUT2D eigenvalue weighted by atomic mass is 9.96. The fourth-order valence-electron chi connectivity index (χ4n) is 1.32. The Hall–Kier alpha value is -0.760. The van der Waals surface area contributed by atoms with Crippen LogP contribution in [0.5, 0.6) is 0 Å². The molecule has 0 bridgehead atoms. The van der Waals surface area contributed by atoms with Crippen LogP contribution >= 0.6 is 0 Å². The first-order valence-electron chi connectivity index (χ1n) is 5.11. The number of rotatable bonds is 2. The molecule has 2 nitrogen and oxygen atoms in total. The maximum Gasteiger partial charge on any atom is 0.128 e. The Bertz CT molecular complexity index is 246. The molecule has 1 aliphatic heterocycles. The Morgan fingerprint density at radius 1 is 1.50 bits per heavy atom. The van der Waals surface area contributed by atoms with Crippen molar-refractivity contribution in [1.29, 1.82) is 0 Å². The van der Waals surface area contributed by atoms with Gasteiger partial charge in [-0.15, -0.1) is 0 Å². The summed E-state index contributed by atoms with van der Waals surface area (Å²) in [4.78, 5) is 0. The SMILES string of the molecule is CC1C=C(/C=C/C(C)(C)C)OC1CO. The zero-order valence-electron chi connectivity index (χ0n) is 9.45. The molecule has 2 atom stereocenters. The van der Waals surface area contributed by atoms with E-state index in [2.05, 4.69) is 39.8 Å². The zero-order chi connectivity index (χ0) is 10.8. The van der Waals surface area contributed by atoms with Crippen LogP contribution in [0.3, 0.4) is 0 Å². The molecule has 1 N–H and O–H groups in total. The van der Waals surface area contributed by atoms with Gasteiger partial charge in [-0.3, -0.25) is 0 Å². The molecule has 0 amide bonds. The average molecular weight is 196 g/mol. The van der Waals surface area contributed by atoms with Gasteiger partial charge in [-0.2, -0.15) is 0 Å². The van der Waals surface area contributed by atoms with Crippen molar-refractivity contribution >= 4 is 0 Å². The predicted molar refractivity (Wildman–Crippen MR) is 57.8 cm³/mol. The molecule has 1 heterocycles. The quantitative estimate of drug-likeness (QED) is 0.735. The lowest BCUT2D eigenvalue weighted by Gasteiger charge is -2.13. The molecule has 2 unspecified atom stereocenters. The summed E-state index contributed by atoms with van der Waals surface area (Å²) in [7, 11) is 0. The smallest absolute Gasteiger partial charge is 0.128 e. The van der Waals surface area contributed by atoms with Crippen molar-refractivity contribution in [3.05, 3.63) is 24.0 Å². The molecule has 0 saturated heterocycles. The van der Waals surface area contributed by atoms with E-state index >= 15 is 0 Å². The molecule has 0 spiro atoms. The van der Waals surface area contributed by atoms with Crippen molar-refractivity contribution in [2.75, 3.05) is 6.61 Å². The highest BCUT2D eigenvalue weighted by molar-refractivity contribution is 5.19. The van der Waals surface area contributed by atoms with E-state index in [1.54, 1.807) is 0 Å². The summed E-state index contributed by atoms with van der Waals surface area (Å²) in [6.45, 7) is 8.58. The van der Waals surface area contributed by atoms with Gasteiger partial charge in [0.05, 0.1) is 6.61 Å². The van der Waals surface area contributed by atoms with Gasteiger partial charge in [-0.05, 0) is 17.6 Å². The number of allylic oxidation sites excluding steroid dienone is 2. The van der Waals surface area contributed by atoms with Gasteiger partial charge in [0.1, 0.15) is 11.9 Å². The van der Waals surface area contributed by atoms with Gasteiger partial charge in [0, 0.05) is 5.92 Å². The zero-order valence-corrected chi connectivity index (χ0v) is 9.45. The lowest BCUT2D eigenvalue weighted by Crippen LogP contribution is -2.18. The monoisotopic (exact) mass is 196 g/mol. The first kappa shape index (κ1) is 11.3. The molecule has 1 aliphatic rings. The van der Waals surface area contributed by atoms with E-state index in [1.807, 2.05) is 6.08 Å². The third kappa shape index (κ3) is 3.18. The van der Waals surface area contributed by atoms with Crippen molar-refractivity contribution < 1.29 is 9.84 Å². The molecular formula is C12H20O2. The van der Waals surface area contributed by atoms with Crippen molar-refractivity contribution in [3.8, 4) is 0 Å². The second kappa shape index (κ2) is 4.18. The largest absolute Gasteiger partial charge is 0.488 e. The van der Waals surface area contributed by atoms with Crippen molar-refractivity contribution in [2.24, 2.45) is 11.3 Å². The second-order valence-electron chi connectivity index (χ2n) is 4.97. The maximum absolute atomic E-state index is 9.00. The Balaban J connectivity index is 2.57. The molecule has 0 radical (unpaired) electrons. The lowest BCUT2D eigenvalue weighted by molar-refractivity contribution is 0.0630. The van der Waals surface area contributed by atoms with Crippen LogP contribution in [-0.4, -0.2) is 17.8 Å². The van der Waals surface area contributed by atoms with Crippen LogP contribution < -0.4 is 0 Å². The molecule has 0 aliphatic carbocycles. The van der Waals surface area contributed by atoms with Gasteiger partial charge in [0.25, 0.3) is 0 Å². The van der Waals surface area contributed by atoms with Crippen LogP contribution in [0.2, 0.25) is 0 Å². The third-order valence-electron chi connectivity index (χ3n) is 2.23. The molecule has 0 aromatic carbocycles. The van der Waals surface area contributed by atoms with Crippen LogP contribution in [0.15, 0.2) is 24.0 Å². The minimum Gasteiger partial charge on any atom is -0.488 e. The summed E-state index contributed by atoms with van der Waals surface area (Å²) >= 11 is 0. The van der Waals surface area contributed by atoms with Crippen molar-refractivity contribution in [1.82, 2.24) is 0 Å². The fraction of sp³-hybridized carbons (Fsp3) is 0.667. The first-order valence-corrected chi connectivity index (χ1v) is 5.11. The number of hydrogen-bond donors (Lipinski definition) is 1. The normalized spacial score (nSPS) is 27.9. The number of aliphatic hydroxyl groups excluding tert-OH is 1. The molecule has 1 rings (SSSR count). The van der Waals surface area contributed by atoms with Crippen LogP contribution in [0.4, 0.5) is 0 Å². The fourth-order valence-corrected chi connectivity index (χ4v) is 1.32. The topological polar surface area (TPSA) is 29.5 Å². The Morgan fingerprint density at radius 2 is 2.14 bits per heavy atom. The summed E-state index contributed by atoms with van der Waals surface area (Å²) < 4.78 is 5.54. The summed E-state index contributed by atoms with van der Waals surface area (Å²) in [5.41, 5.74) is 0.171. The highest BCUT2D eigenvalue weighted by Crippen LogP contribution is 2.25. The molecule has 2 heteroatoms. The molecule has 0 aromatic heterocycles. The van der Waals surface area contributed by atoms with Gasteiger partial charge in [-0.25, -0.2) is 0 Å². The van der Waals surface area contributed by atoms with E-state index < -0.39 is 0 Å². The van der Waals surface area contributed by atoms with E-state index in [4.69, 9.17) is 9.84 Å².